The lowest BCUT2D eigenvalue weighted by Gasteiger charge is -2.40. The van der Waals surface area contributed by atoms with Gasteiger partial charge in [0.05, 0.1) is 41.4 Å². The molecule has 3 N–H and O–H groups in total. The SMILES string of the molecule is CCc1nc(N2CCC(C3CCN(C(=O)c4ccc(-c5nc6ccccc6[nH]5)cc4)CC3)CC2)sc1C(=O)CCCOCCOCCN. The minimum absolute atomic E-state index is 0.112. The second-order valence-electron chi connectivity index (χ2n) is 12.8. The fraction of sp³-hybridized carbons (Fsp3) is 0.514. The molecular formula is C37H48N6O4S. The van der Waals surface area contributed by atoms with Gasteiger partial charge in [0.2, 0.25) is 0 Å². The van der Waals surface area contributed by atoms with E-state index in [1.54, 1.807) is 11.3 Å². The van der Waals surface area contributed by atoms with Crippen LogP contribution in [0.2, 0.25) is 0 Å². The number of aryl methyl sites for hydroxylation is 1. The van der Waals surface area contributed by atoms with E-state index in [4.69, 9.17) is 20.2 Å². The first-order valence-corrected chi connectivity index (χ1v) is 18.3. The summed E-state index contributed by atoms with van der Waals surface area (Å²) in [5.41, 5.74) is 9.98. The summed E-state index contributed by atoms with van der Waals surface area (Å²) < 4.78 is 10.9. The Morgan fingerprint density at radius 3 is 2.27 bits per heavy atom. The average Bonchev–Trinajstić information content (AvgIpc) is 3.78. The van der Waals surface area contributed by atoms with Gasteiger partial charge < -0.3 is 30.0 Å². The second-order valence-corrected chi connectivity index (χ2v) is 13.8. The van der Waals surface area contributed by atoms with Crippen molar-refractivity contribution >= 4 is 39.2 Å². The van der Waals surface area contributed by atoms with Crippen LogP contribution < -0.4 is 10.6 Å². The number of benzene rings is 2. The number of ether oxygens (including phenoxy) is 2. The summed E-state index contributed by atoms with van der Waals surface area (Å²) in [6, 6.07) is 15.8. The van der Waals surface area contributed by atoms with Crippen molar-refractivity contribution in [2.24, 2.45) is 17.6 Å². The first kappa shape index (κ1) is 34.2. The van der Waals surface area contributed by atoms with Crippen LogP contribution in [0.3, 0.4) is 0 Å². The van der Waals surface area contributed by atoms with Gasteiger partial charge in [-0.2, -0.15) is 0 Å². The number of piperidine rings is 2. The highest BCUT2D eigenvalue weighted by Gasteiger charge is 2.32. The Bertz CT molecular complexity index is 1600. The topological polar surface area (TPSA) is 127 Å². The summed E-state index contributed by atoms with van der Waals surface area (Å²) in [6.45, 7) is 8.25. The lowest BCUT2D eigenvalue weighted by atomic mass is 9.79. The van der Waals surface area contributed by atoms with Crippen LogP contribution in [0.5, 0.6) is 0 Å². The summed E-state index contributed by atoms with van der Waals surface area (Å²) in [5.74, 6) is 2.39. The third-order valence-electron chi connectivity index (χ3n) is 9.70. The lowest BCUT2D eigenvalue weighted by molar-refractivity contribution is 0.0489. The van der Waals surface area contributed by atoms with Crippen molar-refractivity contribution in [1.82, 2.24) is 19.9 Å². The molecule has 0 spiro atoms. The van der Waals surface area contributed by atoms with Crippen molar-refractivity contribution in [2.45, 2.75) is 51.9 Å². The third kappa shape index (κ3) is 8.31. The summed E-state index contributed by atoms with van der Waals surface area (Å²) >= 11 is 1.56. The predicted molar refractivity (Wildman–Crippen MR) is 191 cm³/mol. The number of carbonyl (C=O) groups is 2. The maximum Gasteiger partial charge on any atom is 0.253 e. The molecule has 11 heteroatoms. The number of Topliss-reactive ketones (excluding diaryl/α,β-unsaturated/α-hetero) is 1. The number of likely N-dealkylation sites (tertiary alicyclic amines) is 1. The molecule has 2 fully saturated rings. The van der Waals surface area contributed by atoms with E-state index in [0.29, 0.717) is 57.6 Å². The highest BCUT2D eigenvalue weighted by Crippen LogP contribution is 2.36. The molecule has 2 aliphatic heterocycles. The third-order valence-corrected chi connectivity index (χ3v) is 10.9. The molecule has 2 aromatic carbocycles. The largest absolute Gasteiger partial charge is 0.379 e. The maximum absolute atomic E-state index is 13.4. The molecule has 2 aromatic heterocycles. The van der Waals surface area contributed by atoms with Crippen LogP contribution >= 0.6 is 11.3 Å². The van der Waals surface area contributed by atoms with E-state index in [1.807, 2.05) is 53.4 Å². The number of H-pyrrole nitrogens is 1. The van der Waals surface area contributed by atoms with Gasteiger partial charge in [0, 0.05) is 56.9 Å². The van der Waals surface area contributed by atoms with Gasteiger partial charge in [-0.05, 0) is 74.6 Å². The van der Waals surface area contributed by atoms with E-state index in [1.165, 1.54) is 0 Å². The fourth-order valence-electron chi connectivity index (χ4n) is 6.96. The molecular weight excluding hydrogens is 625 g/mol. The van der Waals surface area contributed by atoms with Crippen molar-refractivity contribution in [1.29, 1.82) is 0 Å². The van der Waals surface area contributed by atoms with E-state index in [-0.39, 0.29) is 11.7 Å². The van der Waals surface area contributed by atoms with Gasteiger partial charge in [0.1, 0.15) is 5.82 Å². The molecule has 10 nitrogen and oxygen atoms in total. The molecule has 1 amide bonds. The molecule has 0 saturated carbocycles. The molecule has 4 heterocycles. The molecule has 6 rings (SSSR count). The number of hydrogen-bond acceptors (Lipinski definition) is 9. The number of ketones is 1. The Kier molecular flexibility index (Phi) is 11.9. The van der Waals surface area contributed by atoms with Crippen LogP contribution in [-0.4, -0.2) is 90.7 Å². The molecule has 48 heavy (non-hydrogen) atoms. The van der Waals surface area contributed by atoms with E-state index in [0.717, 1.165) is 102 Å². The minimum atomic E-state index is 0.112. The molecule has 0 aliphatic carbocycles. The Hall–Kier alpha value is -3.64. The average molecular weight is 673 g/mol. The molecule has 2 aliphatic rings. The van der Waals surface area contributed by atoms with E-state index >= 15 is 0 Å². The number of fused-ring (bicyclic) bond motifs is 1. The monoisotopic (exact) mass is 672 g/mol. The number of para-hydroxylation sites is 2. The number of thiazole rings is 1. The highest BCUT2D eigenvalue weighted by atomic mass is 32.1. The standard InChI is InChI=1S/C37H48N6O4S/c1-2-30-34(33(44)8-5-22-46-24-25-47-23-17-38)48-37(41-30)43-20-15-27(16-21-43)26-13-18-42(19-14-26)36(45)29-11-9-28(10-12-29)35-39-31-6-3-4-7-32(31)40-35/h3-4,6-7,9-12,26-27H,2,5,8,13-25,38H2,1H3,(H,39,40). The molecule has 4 aromatic rings. The van der Waals surface area contributed by atoms with Crippen molar-refractivity contribution in [3.8, 4) is 11.4 Å². The van der Waals surface area contributed by atoms with Crippen molar-refractivity contribution in [3.05, 3.63) is 64.7 Å². The number of nitrogens with two attached hydrogens (primary N) is 1. The number of rotatable bonds is 15. The maximum atomic E-state index is 13.4. The van der Waals surface area contributed by atoms with Crippen LogP contribution in [0, 0.1) is 11.8 Å². The van der Waals surface area contributed by atoms with Crippen LogP contribution in [-0.2, 0) is 15.9 Å². The van der Waals surface area contributed by atoms with E-state index in [2.05, 4.69) is 21.8 Å². The zero-order valence-corrected chi connectivity index (χ0v) is 28.8. The normalized spacial score (nSPS) is 16.2. The summed E-state index contributed by atoms with van der Waals surface area (Å²) in [5, 5.41) is 0.980. The molecule has 0 radical (unpaired) electrons. The zero-order valence-electron chi connectivity index (χ0n) is 28.0. The number of imidazole rings is 1. The van der Waals surface area contributed by atoms with Crippen molar-refractivity contribution in [3.63, 3.8) is 0 Å². The molecule has 256 valence electrons. The number of hydrogen-bond donors (Lipinski definition) is 2. The first-order valence-electron chi connectivity index (χ1n) is 17.5. The number of nitrogens with zero attached hydrogens (tertiary/aromatic N) is 4. The van der Waals surface area contributed by atoms with Gasteiger partial charge in [-0.1, -0.05) is 42.5 Å². The highest BCUT2D eigenvalue weighted by molar-refractivity contribution is 7.17. The second kappa shape index (κ2) is 16.6. The number of nitrogens with one attached hydrogen (secondary N) is 1. The Morgan fingerprint density at radius 2 is 1.58 bits per heavy atom. The molecule has 0 bridgehead atoms. The fourth-order valence-corrected chi connectivity index (χ4v) is 8.14. The van der Waals surface area contributed by atoms with E-state index < -0.39 is 0 Å². The predicted octanol–water partition coefficient (Wildman–Crippen LogP) is 5.97. The number of amides is 1. The number of carbonyl (C=O) groups excluding carboxylic acids is 2. The number of aromatic nitrogens is 3. The summed E-state index contributed by atoms with van der Waals surface area (Å²) in [4.78, 5) is 44.6. The number of aromatic amines is 1. The number of anilines is 1. The van der Waals surface area contributed by atoms with Crippen LogP contribution in [0.1, 0.15) is 71.2 Å². The Morgan fingerprint density at radius 1 is 0.896 bits per heavy atom. The molecule has 0 unspecified atom stereocenters. The molecule has 2 saturated heterocycles. The first-order chi connectivity index (χ1) is 23.5. The van der Waals surface area contributed by atoms with E-state index in [9.17, 15) is 9.59 Å². The summed E-state index contributed by atoms with van der Waals surface area (Å²) in [7, 11) is 0. The Labute approximate surface area is 287 Å². The van der Waals surface area contributed by atoms with Gasteiger partial charge in [-0.25, -0.2) is 9.97 Å². The van der Waals surface area contributed by atoms with Gasteiger partial charge >= 0.3 is 0 Å². The summed E-state index contributed by atoms with van der Waals surface area (Å²) in [6.07, 6.45) is 6.26. The van der Waals surface area contributed by atoms with Gasteiger partial charge in [0.15, 0.2) is 10.9 Å². The van der Waals surface area contributed by atoms with Gasteiger partial charge in [0.25, 0.3) is 5.91 Å². The van der Waals surface area contributed by atoms with Gasteiger partial charge in [-0.3, -0.25) is 9.59 Å². The van der Waals surface area contributed by atoms with Crippen molar-refractivity contribution < 1.29 is 19.1 Å². The quantitative estimate of drug-likeness (QED) is 0.117. The molecule has 0 atom stereocenters. The van der Waals surface area contributed by atoms with Gasteiger partial charge in [-0.15, -0.1) is 0 Å². The van der Waals surface area contributed by atoms with Crippen LogP contribution in [0.4, 0.5) is 5.13 Å². The van der Waals surface area contributed by atoms with Crippen molar-refractivity contribution in [2.75, 3.05) is 64.1 Å². The smallest absolute Gasteiger partial charge is 0.253 e. The Balaban J connectivity index is 0.938. The zero-order chi connectivity index (χ0) is 33.3. The van der Waals surface area contributed by atoms with Crippen LogP contribution in [0.15, 0.2) is 48.5 Å². The van der Waals surface area contributed by atoms with Crippen LogP contribution in [0.25, 0.3) is 22.4 Å². The minimum Gasteiger partial charge on any atom is -0.379 e. The lowest BCUT2D eigenvalue weighted by Crippen LogP contribution is -2.42.